The third-order valence-electron chi connectivity index (χ3n) is 4.92. The molecule has 1 N–H and O–H groups in total. The molecule has 2 aliphatic rings. The molecular weight excluding hydrogens is 339 g/mol. The Morgan fingerprint density at radius 3 is 2.96 bits per heavy atom. The quantitative estimate of drug-likeness (QED) is 0.882. The van der Waals surface area contributed by atoms with Crippen LogP contribution in [0.5, 0.6) is 0 Å². The van der Waals surface area contributed by atoms with Crippen LogP contribution in [0, 0.1) is 11.7 Å². The Hall–Kier alpha value is -2.22. The number of carbonyl (C=O) groups is 2. The maximum absolute atomic E-state index is 13.0. The number of hydrogen-bond donors (Lipinski definition) is 1. The average molecular weight is 364 g/mol. The number of rotatable bonds is 3. The van der Waals surface area contributed by atoms with E-state index in [1.165, 1.54) is 12.1 Å². The fraction of sp³-hybridized carbons (Fsp3) is 0.611. The second-order valence-electron chi connectivity index (χ2n) is 6.73. The van der Waals surface area contributed by atoms with E-state index in [1.807, 2.05) is 11.8 Å². The molecule has 0 bridgehead atoms. The number of urea groups is 1. The number of halogens is 1. The Kier molecular flexibility index (Phi) is 6.03. The van der Waals surface area contributed by atoms with Gasteiger partial charge in [-0.2, -0.15) is 0 Å². The van der Waals surface area contributed by atoms with E-state index in [9.17, 15) is 14.0 Å². The van der Waals surface area contributed by atoms with E-state index in [1.54, 1.807) is 4.90 Å². The van der Waals surface area contributed by atoms with Gasteiger partial charge in [0.15, 0.2) is 0 Å². The highest BCUT2D eigenvalue weighted by Gasteiger charge is 2.38. The Morgan fingerprint density at radius 1 is 1.38 bits per heavy atom. The van der Waals surface area contributed by atoms with Crippen LogP contribution >= 0.6 is 0 Å². The van der Waals surface area contributed by atoms with Crippen molar-refractivity contribution < 1.29 is 18.7 Å². The second kappa shape index (κ2) is 8.44. The predicted octanol–water partition coefficient (Wildman–Crippen LogP) is 1.50. The molecule has 0 aliphatic carbocycles. The first-order valence-corrected chi connectivity index (χ1v) is 9.13. The summed E-state index contributed by atoms with van der Waals surface area (Å²) < 4.78 is 18.7. The average Bonchev–Trinajstić information content (AvgIpc) is 2.88. The molecule has 3 rings (SSSR count). The second-order valence-corrected chi connectivity index (χ2v) is 6.73. The lowest BCUT2D eigenvalue weighted by Gasteiger charge is -2.41. The zero-order valence-corrected chi connectivity index (χ0v) is 15.0. The topological polar surface area (TPSA) is 74.8 Å². The Morgan fingerprint density at radius 2 is 2.23 bits per heavy atom. The van der Waals surface area contributed by atoms with Gasteiger partial charge in [0.2, 0.25) is 0 Å². The molecule has 0 aromatic carbocycles. The van der Waals surface area contributed by atoms with Crippen molar-refractivity contribution in [2.45, 2.75) is 25.8 Å². The molecular formula is C18H25FN4O3. The standard InChI is InChI=1S/C18H25FN4O3/c1-2-6-20-18(25)23-8-9-26-12-13-11-22(7-5-16(13)23)17(24)15-4-3-14(19)10-21-15/h3-4,10,13,16H,2,5-9,11-12H2,1H3,(H,20,25)/t13-,16-/m1/s1. The molecule has 2 fully saturated rings. The minimum Gasteiger partial charge on any atom is -0.379 e. The lowest BCUT2D eigenvalue weighted by Crippen LogP contribution is -2.56. The van der Waals surface area contributed by atoms with E-state index >= 15 is 0 Å². The first kappa shape index (κ1) is 18.6. The molecule has 8 heteroatoms. The summed E-state index contributed by atoms with van der Waals surface area (Å²) >= 11 is 0. The van der Waals surface area contributed by atoms with Crippen molar-refractivity contribution in [3.63, 3.8) is 0 Å². The van der Waals surface area contributed by atoms with Gasteiger partial charge in [-0.25, -0.2) is 14.2 Å². The van der Waals surface area contributed by atoms with E-state index < -0.39 is 5.82 Å². The SMILES string of the molecule is CCCNC(=O)N1CCOC[C@H]2CN(C(=O)c3ccc(F)cn3)CC[C@H]21. The zero-order chi connectivity index (χ0) is 18.5. The van der Waals surface area contributed by atoms with Crippen LogP contribution < -0.4 is 5.32 Å². The highest BCUT2D eigenvalue weighted by Crippen LogP contribution is 2.26. The highest BCUT2D eigenvalue weighted by molar-refractivity contribution is 5.92. The molecule has 3 heterocycles. The maximum Gasteiger partial charge on any atom is 0.317 e. The Bertz CT molecular complexity index is 640. The van der Waals surface area contributed by atoms with Gasteiger partial charge in [0.1, 0.15) is 11.5 Å². The molecule has 26 heavy (non-hydrogen) atoms. The Labute approximate surface area is 152 Å². The third kappa shape index (κ3) is 4.12. The first-order valence-electron chi connectivity index (χ1n) is 9.13. The number of amides is 3. The van der Waals surface area contributed by atoms with Crippen molar-refractivity contribution in [1.82, 2.24) is 20.1 Å². The molecule has 2 atom stereocenters. The fourth-order valence-electron chi connectivity index (χ4n) is 3.59. The molecule has 7 nitrogen and oxygen atoms in total. The summed E-state index contributed by atoms with van der Waals surface area (Å²) in [7, 11) is 0. The van der Waals surface area contributed by atoms with Gasteiger partial charge in [0.05, 0.1) is 19.4 Å². The van der Waals surface area contributed by atoms with Gasteiger partial charge >= 0.3 is 6.03 Å². The van der Waals surface area contributed by atoms with Crippen LogP contribution in [0.15, 0.2) is 18.3 Å². The summed E-state index contributed by atoms with van der Waals surface area (Å²) in [5.74, 6) is -0.621. The van der Waals surface area contributed by atoms with Gasteiger partial charge in [-0.05, 0) is 25.0 Å². The predicted molar refractivity (Wildman–Crippen MR) is 93.2 cm³/mol. The summed E-state index contributed by atoms with van der Waals surface area (Å²) in [5, 5.41) is 2.93. The number of piperidine rings is 1. The third-order valence-corrected chi connectivity index (χ3v) is 4.92. The molecule has 0 saturated carbocycles. The molecule has 2 saturated heterocycles. The fourth-order valence-corrected chi connectivity index (χ4v) is 3.59. The number of aromatic nitrogens is 1. The van der Waals surface area contributed by atoms with Gasteiger partial charge in [-0.1, -0.05) is 6.92 Å². The van der Waals surface area contributed by atoms with Crippen molar-refractivity contribution in [2.75, 3.05) is 39.4 Å². The number of likely N-dealkylation sites (tertiary alicyclic amines) is 1. The van der Waals surface area contributed by atoms with Crippen LogP contribution in [-0.4, -0.2) is 72.2 Å². The van der Waals surface area contributed by atoms with Gasteiger partial charge in [-0.15, -0.1) is 0 Å². The molecule has 3 amide bonds. The van der Waals surface area contributed by atoms with Crippen LogP contribution in [0.2, 0.25) is 0 Å². The summed E-state index contributed by atoms with van der Waals surface area (Å²) in [6, 6.07) is 2.63. The van der Waals surface area contributed by atoms with E-state index in [-0.39, 0.29) is 29.6 Å². The van der Waals surface area contributed by atoms with Gasteiger partial charge in [0, 0.05) is 38.1 Å². The van der Waals surface area contributed by atoms with E-state index in [0.29, 0.717) is 45.8 Å². The van der Waals surface area contributed by atoms with Crippen molar-refractivity contribution in [3.05, 3.63) is 29.8 Å². The van der Waals surface area contributed by atoms with Crippen molar-refractivity contribution in [1.29, 1.82) is 0 Å². The van der Waals surface area contributed by atoms with Gasteiger partial charge in [0.25, 0.3) is 5.91 Å². The summed E-state index contributed by atoms with van der Waals surface area (Å²) in [6.45, 7) is 5.28. The molecule has 0 radical (unpaired) electrons. The Balaban J connectivity index is 1.68. The molecule has 0 spiro atoms. The molecule has 2 aliphatic heterocycles. The van der Waals surface area contributed by atoms with Crippen LogP contribution in [0.1, 0.15) is 30.3 Å². The summed E-state index contributed by atoms with van der Waals surface area (Å²) in [4.78, 5) is 32.6. The summed E-state index contributed by atoms with van der Waals surface area (Å²) in [5.41, 5.74) is 0.233. The molecule has 1 aromatic heterocycles. The normalized spacial score (nSPS) is 23.2. The lowest BCUT2D eigenvalue weighted by molar-refractivity contribution is 0.0427. The van der Waals surface area contributed by atoms with Crippen LogP contribution in [0.3, 0.4) is 0 Å². The van der Waals surface area contributed by atoms with Crippen LogP contribution in [-0.2, 0) is 4.74 Å². The number of ether oxygens (including phenoxy) is 1. The molecule has 142 valence electrons. The number of hydrogen-bond acceptors (Lipinski definition) is 4. The van der Waals surface area contributed by atoms with E-state index in [2.05, 4.69) is 10.3 Å². The molecule has 0 unspecified atom stereocenters. The van der Waals surface area contributed by atoms with E-state index in [4.69, 9.17) is 4.74 Å². The number of nitrogens with zero attached hydrogens (tertiary/aromatic N) is 3. The number of fused-ring (bicyclic) bond motifs is 1. The monoisotopic (exact) mass is 364 g/mol. The van der Waals surface area contributed by atoms with Crippen LogP contribution in [0.4, 0.5) is 9.18 Å². The largest absolute Gasteiger partial charge is 0.379 e. The smallest absolute Gasteiger partial charge is 0.317 e. The number of carbonyl (C=O) groups excluding carboxylic acids is 2. The lowest BCUT2D eigenvalue weighted by atomic mass is 9.91. The summed E-state index contributed by atoms with van der Waals surface area (Å²) in [6.07, 6.45) is 2.63. The van der Waals surface area contributed by atoms with Crippen molar-refractivity contribution in [2.24, 2.45) is 5.92 Å². The van der Waals surface area contributed by atoms with Gasteiger partial charge < -0.3 is 19.9 Å². The highest BCUT2D eigenvalue weighted by atomic mass is 19.1. The zero-order valence-electron chi connectivity index (χ0n) is 15.0. The maximum atomic E-state index is 13.0. The first-order chi connectivity index (χ1) is 12.6. The number of pyridine rings is 1. The minimum atomic E-state index is -0.467. The molecule has 1 aromatic rings. The van der Waals surface area contributed by atoms with E-state index in [0.717, 1.165) is 12.6 Å². The van der Waals surface area contributed by atoms with Gasteiger partial charge in [-0.3, -0.25) is 4.79 Å². The number of nitrogens with one attached hydrogen (secondary N) is 1. The minimum absolute atomic E-state index is 0.0552. The van der Waals surface area contributed by atoms with Crippen molar-refractivity contribution >= 4 is 11.9 Å². The van der Waals surface area contributed by atoms with Crippen LogP contribution in [0.25, 0.3) is 0 Å². The van der Waals surface area contributed by atoms with Crippen molar-refractivity contribution in [3.8, 4) is 0 Å².